The molecular formula is C22H28ClO3P. The summed E-state index contributed by atoms with van der Waals surface area (Å²) in [5, 5.41) is 1.37. The Kier molecular flexibility index (Phi) is 8.13. The maximum atomic E-state index is 12.9. The van der Waals surface area contributed by atoms with Crippen LogP contribution in [0.1, 0.15) is 56.5 Å². The van der Waals surface area contributed by atoms with E-state index in [-0.39, 0.29) is 26.3 Å². The molecule has 2 aromatic rings. The van der Waals surface area contributed by atoms with Crippen LogP contribution >= 0.6 is 20.2 Å². The largest absolute Gasteiger partial charge is 0.491 e. The second kappa shape index (κ2) is 10.1. The van der Waals surface area contributed by atoms with Gasteiger partial charge in [0, 0.05) is 16.9 Å². The second-order valence-corrected chi connectivity index (χ2v) is 8.37. The Labute approximate surface area is 169 Å². The Morgan fingerprint density at radius 2 is 1.74 bits per heavy atom. The van der Waals surface area contributed by atoms with Crippen LogP contribution in [0.25, 0.3) is 0 Å². The van der Waals surface area contributed by atoms with Crippen molar-refractivity contribution in [1.82, 2.24) is 0 Å². The molecule has 2 aromatic carbocycles. The maximum absolute atomic E-state index is 12.9. The zero-order valence-electron chi connectivity index (χ0n) is 16.6. The number of hydrogen-bond donors (Lipinski definition) is 0. The summed E-state index contributed by atoms with van der Waals surface area (Å²) < 4.78 is 12.0. The molecule has 0 aliphatic heterocycles. The number of benzene rings is 2. The fourth-order valence-electron chi connectivity index (χ4n) is 2.50. The summed E-state index contributed by atoms with van der Waals surface area (Å²) in [5.74, 6) is 1.47. The molecule has 0 bridgehead atoms. The van der Waals surface area contributed by atoms with Crippen LogP contribution in [0.2, 0.25) is 5.02 Å². The van der Waals surface area contributed by atoms with Gasteiger partial charge >= 0.3 is 0 Å². The summed E-state index contributed by atoms with van der Waals surface area (Å²) in [6.07, 6.45) is 2.00. The molecule has 0 saturated heterocycles. The van der Waals surface area contributed by atoms with Gasteiger partial charge in [-0.15, -0.1) is 0 Å². The van der Waals surface area contributed by atoms with Gasteiger partial charge in [0.2, 0.25) is 0 Å². The number of carbonyl (C=O) groups is 1. The molecule has 0 spiro atoms. The predicted molar refractivity (Wildman–Crippen MR) is 116 cm³/mol. The Bertz CT molecular complexity index is 771. The predicted octanol–water partition coefficient (Wildman–Crippen LogP) is 6.15. The Morgan fingerprint density at radius 1 is 1.07 bits per heavy atom. The molecule has 0 saturated carbocycles. The molecule has 146 valence electrons. The number of aryl methyl sites for hydroxylation is 1. The topological polar surface area (TPSA) is 35.5 Å². The van der Waals surface area contributed by atoms with Crippen molar-refractivity contribution in [2.24, 2.45) is 0 Å². The first-order valence-electron chi connectivity index (χ1n) is 9.39. The third kappa shape index (κ3) is 5.96. The standard InChI is InChI=1S/C22H28ClO3P/c1-6-15(4)25-17-11-12-20(19(13-17)26-16(5)7-2)27-22(24)21-14(3)9-8-10-18(21)23/h8-13,15-16,27H,6-7H2,1-5H3. The van der Waals surface area contributed by atoms with E-state index in [1.54, 1.807) is 6.07 Å². The van der Waals surface area contributed by atoms with Gasteiger partial charge in [0.1, 0.15) is 11.5 Å². The van der Waals surface area contributed by atoms with E-state index in [0.29, 0.717) is 16.3 Å². The number of halogens is 1. The summed E-state index contributed by atoms with van der Waals surface area (Å²) >= 11 is 6.27. The minimum atomic E-state index is -0.0631. The van der Waals surface area contributed by atoms with Crippen molar-refractivity contribution in [3.63, 3.8) is 0 Å². The molecule has 3 atom stereocenters. The van der Waals surface area contributed by atoms with Gasteiger partial charge in [-0.05, 0) is 66.0 Å². The Balaban J connectivity index is 2.32. The summed E-state index contributed by atoms with van der Waals surface area (Å²) in [4.78, 5) is 12.9. The molecule has 5 heteroatoms. The molecule has 0 aromatic heterocycles. The first-order valence-corrected chi connectivity index (χ1v) is 10.8. The maximum Gasteiger partial charge on any atom is 0.187 e. The van der Waals surface area contributed by atoms with E-state index in [1.165, 1.54) is 0 Å². The lowest BCUT2D eigenvalue weighted by atomic mass is 10.1. The van der Waals surface area contributed by atoms with E-state index in [1.807, 2.05) is 51.1 Å². The van der Waals surface area contributed by atoms with Crippen LogP contribution in [0.15, 0.2) is 36.4 Å². The molecule has 3 nitrogen and oxygen atoms in total. The van der Waals surface area contributed by atoms with Crippen LogP contribution in [0.5, 0.6) is 11.5 Å². The van der Waals surface area contributed by atoms with Gasteiger partial charge in [0.15, 0.2) is 5.52 Å². The minimum Gasteiger partial charge on any atom is -0.491 e. The smallest absolute Gasteiger partial charge is 0.187 e. The number of ether oxygens (including phenoxy) is 2. The molecule has 0 amide bonds. The third-order valence-corrected chi connectivity index (χ3v) is 5.94. The average molecular weight is 407 g/mol. The molecule has 0 fully saturated rings. The zero-order valence-corrected chi connectivity index (χ0v) is 18.4. The first-order chi connectivity index (χ1) is 12.8. The number of hydrogen-bond acceptors (Lipinski definition) is 3. The quantitative estimate of drug-likeness (QED) is 0.468. The molecule has 0 aliphatic carbocycles. The van der Waals surface area contributed by atoms with E-state index >= 15 is 0 Å². The van der Waals surface area contributed by atoms with Gasteiger partial charge in [-0.25, -0.2) is 0 Å². The van der Waals surface area contributed by atoms with Gasteiger partial charge in [-0.1, -0.05) is 37.6 Å². The fourth-order valence-corrected chi connectivity index (χ4v) is 4.01. The van der Waals surface area contributed by atoms with Crippen LogP contribution in [0.4, 0.5) is 0 Å². The molecule has 2 rings (SSSR count). The van der Waals surface area contributed by atoms with Crippen LogP contribution in [0.3, 0.4) is 0 Å². The Morgan fingerprint density at radius 3 is 2.37 bits per heavy atom. The lowest BCUT2D eigenvalue weighted by Gasteiger charge is -2.19. The van der Waals surface area contributed by atoms with E-state index < -0.39 is 0 Å². The fraction of sp³-hybridized carbons (Fsp3) is 0.409. The molecule has 0 aliphatic rings. The van der Waals surface area contributed by atoms with Crippen molar-refractivity contribution in [3.05, 3.63) is 52.5 Å². The first kappa shape index (κ1) is 21.7. The van der Waals surface area contributed by atoms with E-state index in [2.05, 4.69) is 13.8 Å². The van der Waals surface area contributed by atoms with E-state index in [0.717, 1.165) is 29.5 Å². The lowest BCUT2D eigenvalue weighted by Crippen LogP contribution is -2.16. The van der Waals surface area contributed by atoms with Crippen molar-refractivity contribution in [2.45, 2.75) is 59.7 Å². The van der Waals surface area contributed by atoms with Crippen molar-refractivity contribution in [1.29, 1.82) is 0 Å². The number of rotatable bonds is 9. The monoisotopic (exact) mass is 406 g/mol. The lowest BCUT2D eigenvalue weighted by molar-refractivity contribution is 0.108. The highest BCUT2D eigenvalue weighted by Gasteiger charge is 2.18. The molecule has 0 N–H and O–H groups in total. The summed E-state index contributed by atoms with van der Waals surface area (Å²) in [5.41, 5.74) is 1.50. The zero-order chi connectivity index (χ0) is 20.0. The normalized spacial score (nSPS) is 13.6. The highest BCUT2D eigenvalue weighted by molar-refractivity contribution is 7.66. The van der Waals surface area contributed by atoms with Gasteiger partial charge in [-0.3, -0.25) is 4.79 Å². The minimum absolute atomic E-state index is 0.0164. The second-order valence-electron chi connectivity index (χ2n) is 6.72. The molecule has 0 heterocycles. The molecule has 27 heavy (non-hydrogen) atoms. The van der Waals surface area contributed by atoms with Gasteiger partial charge in [0.05, 0.1) is 17.2 Å². The van der Waals surface area contributed by atoms with Gasteiger partial charge in [-0.2, -0.15) is 0 Å². The van der Waals surface area contributed by atoms with Crippen LogP contribution in [-0.4, -0.2) is 17.7 Å². The molecular weight excluding hydrogens is 379 g/mol. The van der Waals surface area contributed by atoms with E-state index in [4.69, 9.17) is 21.1 Å². The average Bonchev–Trinajstić information content (AvgIpc) is 2.63. The summed E-state index contributed by atoms with van der Waals surface area (Å²) in [6, 6.07) is 11.3. The highest BCUT2D eigenvalue weighted by atomic mass is 35.5. The molecule has 3 unspecified atom stereocenters. The van der Waals surface area contributed by atoms with Crippen molar-refractivity contribution >= 4 is 31.0 Å². The summed E-state index contributed by atoms with van der Waals surface area (Å²) in [6.45, 7) is 10.1. The Hall–Kier alpha value is -1.57. The molecule has 0 radical (unpaired) electrons. The van der Waals surface area contributed by atoms with Crippen LogP contribution in [-0.2, 0) is 0 Å². The van der Waals surface area contributed by atoms with Crippen molar-refractivity contribution in [3.8, 4) is 11.5 Å². The van der Waals surface area contributed by atoms with Crippen LogP contribution < -0.4 is 14.8 Å². The van der Waals surface area contributed by atoms with Gasteiger partial charge in [0.25, 0.3) is 0 Å². The highest BCUT2D eigenvalue weighted by Crippen LogP contribution is 2.32. The van der Waals surface area contributed by atoms with Crippen LogP contribution in [0, 0.1) is 6.92 Å². The number of carbonyl (C=O) groups excluding carboxylic acids is 1. The SMILES string of the molecule is CCC(C)Oc1ccc(PC(=O)c2c(C)cccc2Cl)c(OC(C)CC)c1. The van der Waals surface area contributed by atoms with Gasteiger partial charge < -0.3 is 9.47 Å². The van der Waals surface area contributed by atoms with Crippen molar-refractivity contribution < 1.29 is 14.3 Å². The third-order valence-electron chi connectivity index (χ3n) is 4.47. The van der Waals surface area contributed by atoms with Crippen molar-refractivity contribution in [2.75, 3.05) is 0 Å². The van der Waals surface area contributed by atoms with E-state index in [9.17, 15) is 4.79 Å². The summed E-state index contributed by atoms with van der Waals surface area (Å²) in [7, 11) is -0.0631.